The molecule has 2 amide bonds. The minimum Gasteiger partial charge on any atom is -0.318 e. The van der Waals surface area contributed by atoms with Crippen molar-refractivity contribution in [3.63, 3.8) is 0 Å². The van der Waals surface area contributed by atoms with Gasteiger partial charge in [-0.15, -0.1) is 0 Å². The highest BCUT2D eigenvalue weighted by Crippen LogP contribution is 2.14. The zero-order valence-corrected chi connectivity index (χ0v) is 8.88. The molecule has 0 saturated carbocycles. The number of hydrogen-bond donors (Lipinski definition) is 1. The van der Waals surface area contributed by atoms with Gasteiger partial charge >= 0.3 is 0 Å². The third-order valence-corrected chi connectivity index (χ3v) is 2.51. The summed E-state index contributed by atoms with van der Waals surface area (Å²) in [5.41, 5.74) is 0. The molecule has 1 unspecified atom stereocenters. The van der Waals surface area contributed by atoms with E-state index in [4.69, 9.17) is 0 Å². The normalized spacial score (nSPS) is 20.9. The van der Waals surface area contributed by atoms with Gasteiger partial charge in [0.1, 0.15) is 0 Å². The second-order valence-corrected chi connectivity index (χ2v) is 3.77. The van der Waals surface area contributed by atoms with Crippen molar-refractivity contribution >= 4 is 11.8 Å². The summed E-state index contributed by atoms with van der Waals surface area (Å²) in [6, 6.07) is -0.0295. The molecule has 0 aliphatic carbocycles. The standard InChI is InChI=1S/C10H18N2O2/c1-8(7-11-2)12-9(13)5-3-4-6-10(12)14/h8,11H,3-7H2,1-2H3. The van der Waals surface area contributed by atoms with E-state index in [0.29, 0.717) is 19.4 Å². The zero-order chi connectivity index (χ0) is 10.6. The van der Waals surface area contributed by atoms with Crippen LogP contribution in [-0.2, 0) is 9.59 Å². The number of imide groups is 1. The van der Waals surface area contributed by atoms with Gasteiger partial charge < -0.3 is 5.32 Å². The summed E-state index contributed by atoms with van der Waals surface area (Å²) in [6.07, 6.45) is 2.71. The number of hydrogen-bond acceptors (Lipinski definition) is 3. The summed E-state index contributed by atoms with van der Waals surface area (Å²) in [5, 5.41) is 2.98. The first-order valence-electron chi connectivity index (χ1n) is 5.16. The lowest BCUT2D eigenvalue weighted by molar-refractivity contribution is -0.146. The van der Waals surface area contributed by atoms with Gasteiger partial charge in [-0.1, -0.05) is 0 Å². The van der Waals surface area contributed by atoms with Gasteiger partial charge in [0.15, 0.2) is 0 Å². The number of nitrogens with zero attached hydrogens (tertiary/aromatic N) is 1. The van der Waals surface area contributed by atoms with E-state index in [-0.39, 0.29) is 17.9 Å². The Kier molecular flexibility index (Phi) is 4.07. The molecule has 0 aromatic rings. The molecule has 0 radical (unpaired) electrons. The molecular weight excluding hydrogens is 180 g/mol. The number of amides is 2. The molecule has 0 aromatic carbocycles. The first-order valence-corrected chi connectivity index (χ1v) is 5.16. The van der Waals surface area contributed by atoms with Crippen LogP contribution in [0.2, 0.25) is 0 Å². The maximum absolute atomic E-state index is 11.6. The smallest absolute Gasteiger partial charge is 0.229 e. The fraction of sp³-hybridized carbons (Fsp3) is 0.800. The highest BCUT2D eigenvalue weighted by atomic mass is 16.2. The van der Waals surface area contributed by atoms with Gasteiger partial charge in [-0.25, -0.2) is 0 Å². The molecule has 1 N–H and O–H groups in total. The second-order valence-electron chi connectivity index (χ2n) is 3.77. The Balaban J connectivity index is 2.69. The Morgan fingerprint density at radius 2 is 1.79 bits per heavy atom. The van der Waals surface area contributed by atoms with Crippen molar-refractivity contribution in [2.24, 2.45) is 0 Å². The van der Waals surface area contributed by atoms with Gasteiger partial charge in [0.2, 0.25) is 11.8 Å². The predicted molar refractivity (Wildman–Crippen MR) is 53.7 cm³/mol. The average molecular weight is 198 g/mol. The van der Waals surface area contributed by atoms with Crippen molar-refractivity contribution in [3.05, 3.63) is 0 Å². The van der Waals surface area contributed by atoms with Crippen LogP contribution < -0.4 is 5.32 Å². The third-order valence-electron chi connectivity index (χ3n) is 2.51. The molecule has 4 nitrogen and oxygen atoms in total. The van der Waals surface area contributed by atoms with Crippen LogP contribution in [0.3, 0.4) is 0 Å². The van der Waals surface area contributed by atoms with Gasteiger partial charge in [0.25, 0.3) is 0 Å². The largest absolute Gasteiger partial charge is 0.318 e. The summed E-state index contributed by atoms with van der Waals surface area (Å²) < 4.78 is 0. The lowest BCUT2D eigenvalue weighted by Gasteiger charge is -2.25. The van der Waals surface area contributed by atoms with E-state index in [2.05, 4.69) is 5.32 Å². The van der Waals surface area contributed by atoms with Gasteiger partial charge in [0, 0.05) is 25.4 Å². The molecule has 1 rings (SSSR count). The molecule has 1 fully saturated rings. The van der Waals surface area contributed by atoms with Crippen LogP contribution in [0, 0.1) is 0 Å². The summed E-state index contributed by atoms with van der Waals surface area (Å²) in [4.78, 5) is 24.7. The van der Waals surface area contributed by atoms with E-state index < -0.39 is 0 Å². The van der Waals surface area contributed by atoms with Gasteiger partial charge in [-0.05, 0) is 26.8 Å². The average Bonchev–Trinajstić information content (AvgIpc) is 2.28. The van der Waals surface area contributed by atoms with Crippen LogP contribution in [-0.4, -0.2) is 36.3 Å². The summed E-state index contributed by atoms with van der Waals surface area (Å²) in [7, 11) is 1.82. The zero-order valence-electron chi connectivity index (χ0n) is 8.88. The molecule has 0 bridgehead atoms. The maximum atomic E-state index is 11.6. The molecule has 1 atom stereocenters. The van der Waals surface area contributed by atoms with Gasteiger partial charge in [0.05, 0.1) is 0 Å². The Labute approximate surface area is 84.7 Å². The van der Waals surface area contributed by atoms with Crippen LogP contribution >= 0.6 is 0 Å². The monoisotopic (exact) mass is 198 g/mol. The number of carbonyl (C=O) groups excluding carboxylic acids is 2. The molecule has 0 aromatic heterocycles. The first kappa shape index (κ1) is 11.2. The van der Waals surface area contributed by atoms with E-state index in [1.54, 1.807) is 0 Å². The number of likely N-dealkylation sites (N-methyl/N-ethyl adjacent to an activating group) is 1. The fourth-order valence-corrected chi connectivity index (χ4v) is 1.81. The Morgan fingerprint density at radius 3 is 2.21 bits per heavy atom. The van der Waals surface area contributed by atoms with Crippen molar-refractivity contribution in [2.45, 2.75) is 38.6 Å². The molecular formula is C10H18N2O2. The van der Waals surface area contributed by atoms with Crippen LogP contribution in [0.5, 0.6) is 0 Å². The molecule has 1 aliphatic heterocycles. The first-order chi connectivity index (χ1) is 6.66. The summed E-state index contributed by atoms with van der Waals surface area (Å²) in [6.45, 7) is 2.56. The minimum atomic E-state index is -0.0295. The number of carbonyl (C=O) groups is 2. The van der Waals surface area contributed by atoms with Crippen LogP contribution in [0.4, 0.5) is 0 Å². The maximum Gasteiger partial charge on any atom is 0.229 e. The Morgan fingerprint density at radius 1 is 1.29 bits per heavy atom. The van der Waals surface area contributed by atoms with Crippen LogP contribution in [0.25, 0.3) is 0 Å². The highest BCUT2D eigenvalue weighted by Gasteiger charge is 2.27. The topological polar surface area (TPSA) is 49.4 Å². The third kappa shape index (κ3) is 2.54. The number of rotatable bonds is 3. The van der Waals surface area contributed by atoms with Crippen molar-refractivity contribution < 1.29 is 9.59 Å². The van der Waals surface area contributed by atoms with E-state index in [9.17, 15) is 9.59 Å². The van der Waals surface area contributed by atoms with Crippen LogP contribution in [0.15, 0.2) is 0 Å². The van der Waals surface area contributed by atoms with Crippen molar-refractivity contribution in [1.82, 2.24) is 10.2 Å². The SMILES string of the molecule is CNCC(C)N1C(=O)CCCCC1=O. The number of likely N-dealkylation sites (tertiary alicyclic amines) is 1. The Bertz CT molecular complexity index is 210. The Hall–Kier alpha value is -0.900. The van der Waals surface area contributed by atoms with Gasteiger partial charge in [-0.2, -0.15) is 0 Å². The lowest BCUT2D eigenvalue weighted by atomic mass is 10.2. The summed E-state index contributed by atoms with van der Waals surface area (Å²) in [5.74, 6) is -0.0366. The van der Waals surface area contributed by atoms with E-state index >= 15 is 0 Å². The fourth-order valence-electron chi connectivity index (χ4n) is 1.81. The molecule has 14 heavy (non-hydrogen) atoms. The molecule has 1 aliphatic rings. The van der Waals surface area contributed by atoms with E-state index in [1.807, 2.05) is 14.0 Å². The molecule has 4 heteroatoms. The predicted octanol–water partition coefficient (Wildman–Crippen LogP) is 0.523. The lowest BCUT2D eigenvalue weighted by Crippen LogP contribution is -2.46. The van der Waals surface area contributed by atoms with E-state index in [0.717, 1.165) is 12.8 Å². The van der Waals surface area contributed by atoms with Crippen molar-refractivity contribution in [1.29, 1.82) is 0 Å². The minimum absolute atomic E-state index is 0.0183. The van der Waals surface area contributed by atoms with Gasteiger partial charge in [-0.3, -0.25) is 14.5 Å². The molecule has 1 saturated heterocycles. The number of nitrogens with one attached hydrogen (secondary N) is 1. The summed E-state index contributed by atoms with van der Waals surface area (Å²) >= 11 is 0. The second kappa shape index (κ2) is 5.10. The van der Waals surface area contributed by atoms with Crippen LogP contribution in [0.1, 0.15) is 32.6 Å². The molecule has 0 spiro atoms. The molecule has 1 heterocycles. The highest BCUT2D eigenvalue weighted by molar-refractivity contribution is 5.96. The molecule has 80 valence electrons. The van der Waals surface area contributed by atoms with Crippen molar-refractivity contribution in [3.8, 4) is 0 Å². The van der Waals surface area contributed by atoms with E-state index in [1.165, 1.54) is 4.90 Å². The quantitative estimate of drug-likeness (QED) is 0.673. The van der Waals surface area contributed by atoms with Crippen molar-refractivity contribution in [2.75, 3.05) is 13.6 Å².